The van der Waals surface area contributed by atoms with Crippen LogP contribution in [-0.4, -0.2) is 53.0 Å². The van der Waals surface area contributed by atoms with Crippen molar-refractivity contribution in [1.82, 2.24) is 14.9 Å². The van der Waals surface area contributed by atoms with Crippen molar-refractivity contribution >= 4 is 28.9 Å². The third-order valence-corrected chi connectivity index (χ3v) is 7.10. The molecule has 0 radical (unpaired) electrons. The van der Waals surface area contributed by atoms with Crippen LogP contribution in [0.25, 0.3) is 11.4 Å². The molecule has 2 N–H and O–H groups in total. The molecule has 1 aliphatic heterocycles. The number of aromatic nitrogens is 2. The Hall–Kier alpha value is -3.04. The fourth-order valence-electron chi connectivity index (χ4n) is 4.44. The lowest BCUT2D eigenvalue weighted by molar-refractivity contribution is -0.137. The van der Waals surface area contributed by atoms with Crippen molar-refractivity contribution in [2.45, 2.75) is 45.5 Å². The molecule has 1 fully saturated rings. The molecule has 2 heterocycles. The molecular weight excluding hydrogens is 491 g/mol. The number of imidazole rings is 1. The van der Waals surface area contributed by atoms with Gasteiger partial charge in [-0.05, 0) is 63.7 Å². The van der Waals surface area contributed by atoms with Gasteiger partial charge in [-0.15, -0.1) is 0 Å². The van der Waals surface area contributed by atoms with Crippen LogP contribution in [0.2, 0.25) is 5.02 Å². The molecular formula is C26H29ClF3N5O. The minimum atomic E-state index is -4.69. The summed E-state index contributed by atoms with van der Waals surface area (Å²) in [6, 6.07) is 8.98. The molecule has 0 saturated carbocycles. The smallest absolute Gasteiger partial charge is 0.368 e. The molecule has 0 bridgehead atoms. The van der Waals surface area contributed by atoms with E-state index < -0.39 is 23.2 Å². The number of anilines is 2. The number of piperazine rings is 1. The maximum absolute atomic E-state index is 14.0. The second kappa shape index (κ2) is 10.1. The average molecular weight is 520 g/mol. The molecule has 0 unspecified atom stereocenters. The Balaban J connectivity index is 1.62. The van der Waals surface area contributed by atoms with Crippen LogP contribution in [0.5, 0.6) is 0 Å². The minimum absolute atomic E-state index is 0.188. The van der Waals surface area contributed by atoms with E-state index in [1.807, 2.05) is 32.7 Å². The van der Waals surface area contributed by atoms with Gasteiger partial charge < -0.3 is 15.2 Å². The van der Waals surface area contributed by atoms with Crippen molar-refractivity contribution < 1.29 is 18.0 Å². The number of hydrogen-bond donors (Lipinski definition) is 2. The van der Waals surface area contributed by atoms with Crippen LogP contribution in [0.3, 0.4) is 0 Å². The number of nitrogens with zero attached hydrogens (tertiary/aromatic N) is 3. The van der Waals surface area contributed by atoms with Gasteiger partial charge in [0.05, 0.1) is 16.1 Å². The Bertz CT molecular complexity index is 1250. The zero-order valence-corrected chi connectivity index (χ0v) is 21.3. The lowest BCUT2D eigenvalue weighted by Gasteiger charge is -2.43. The molecule has 2 atom stereocenters. The number of carbonyl (C=O) groups excluding carboxylic acids is 1. The number of rotatable bonds is 5. The highest BCUT2D eigenvalue weighted by atomic mass is 35.5. The van der Waals surface area contributed by atoms with Crippen LogP contribution in [0.1, 0.15) is 42.4 Å². The molecule has 1 amide bonds. The molecule has 1 aromatic heterocycles. The lowest BCUT2D eigenvalue weighted by Crippen LogP contribution is -2.55. The lowest BCUT2D eigenvalue weighted by atomic mass is 10.0. The van der Waals surface area contributed by atoms with E-state index in [2.05, 4.69) is 20.2 Å². The van der Waals surface area contributed by atoms with Crippen molar-refractivity contribution in [2.75, 3.05) is 30.4 Å². The molecule has 1 aliphatic rings. The van der Waals surface area contributed by atoms with E-state index in [1.54, 1.807) is 30.5 Å². The predicted molar refractivity (Wildman–Crippen MR) is 137 cm³/mol. The normalized spacial score (nSPS) is 18.9. The van der Waals surface area contributed by atoms with Crippen LogP contribution < -0.4 is 10.2 Å². The summed E-state index contributed by atoms with van der Waals surface area (Å²) in [6.07, 6.45) is -2.25. The Kier molecular flexibility index (Phi) is 7.33. The third-order valence-electron chi connectivity index (χ3n) is 6.77. The van der Waals surface area contributed by atoms with E-state index in [0.29, 0.717) is 40.9 Å². The number of aryl methyl sites for hydroxylation is 1. The van der Waals surface area contributed by atoms with Crippen LogP contribution in [0.15, 0.2) is 42.6 Å². The predicted octanol–water partition coefficient (Wildman–Crippen LogP) is 6.09. The van der Waals surface area contributed by atoms with E-state index in [-0.39, 0.29) is 12.1 Å². The van der Waals surface area contributed by atoms with E-state index in [9.17, 15) is 18.0 Å². The topological polar surface area (TPSA) is 64.3 Å². The summed E-state index contributed by atoms with van der Waals surface area (Å²) in [4.78, 5) is 24.6. The number of alkyl halides is 3. The molecule has 2 aromatic carbocycles. The van der Waals surface area contributed by atoms with Crippen LogP contribution in [0.4, 0.5) is 24.5 Å². The van der Waals surface area contributed by atoms with Crippen molar-refractivity contribution in [3.63, 3.8) is 0 Å². The number of aromatic amines is 1. The van der Waals surface area contributed by atoms with Gasteiger partial charge in [0.1, 0.15) is 5.82 Å². The first-order valence-corrected chi connectivity index (χ1v) is 12.2. The first-order valence-electron chi connectivity index (χ1n) is 11.8. The standard InChI is InChI=1S/C26H29ClF3N5O/c1-5-17-12-31-24(32-17)21-10-18(6-9-23(21)27)33-25(36)20-8-7-19(11-22(20)26(28,29)30)35-13-15(2)34(4)16(3)14-35/h6-12,15-16H,5,13-14H2,1-4H3,(H,31,32)(H,33,36)/t15-,16+. The van der Waals surface area contributed by atoms with E-state index >= 15 is 0 Å². The van der Waals surface area contributed by atoms with E-state index in [1.165, 1.54) is 6.07 Å². The Morgan fingerprint density at radius 1 is 1.17 bits per heavy atom. The number of benzene rings is 2. The highest BCUT2D eigenvalue weighted by Crippen LogP contribution is 2.36. The summed E-state index contributed by atoms with van der Waals surface area (Å²) in [5, 5.41) is 2.99. The molecule has 3 aromatic rings. The molecule has 0 aliphatic carbocycles. The number of carbonyl (C=O) groups is 1. The average Bonchev–Trinajstić information content (AvgIpc) is 3.31. The van der Waals surface area contributed by atoms with Crippen LogP contribution in [-0.2, 0) is 12.6 Å². The Morgan fingerprint density at radius 3 is 2.47 bits per heavy atom. The van der Waals surface area contributed by atoms with Gasteiger partial charge in [0, 0.05) is 54.0 Å². The summed E-state index contributed by atoms with van der Waals surface area (Å²) < 4.78 is 42.1. The van der Waals surface area contributed by atoms with Gasteiger partial charge in [-0.3, -0.25) is 9.69 Å². The Morgan fingerprint density at radius 2 is 1.86 bits per heavy atom. The molecule has 10 heteroatoms. The van der Waals surface area contributed by atoms with Crippen LogP contribution in [0, 0.1) is 0 Å². The summed E-state index contributed by atoms with van der Waals surface area (Å²) in [5.74, 6) is -0.333. The maximum atomic E-state index is 14.0. The van der Waals surface area contributed by atoms with Crippen molar-refractivity contribution in [1.29, 1.82) is 0 Å². The fourth-order valence-corrected chi connectivity index (χ4v) is 4.64. The monoisotopic (exact) mass is 519 g/mol. The number of likely N-dealkylation sites (N-methyl/N-ethyl adjacent to an activating group) is 1. The molecule has 192 valence electrons. The van der Waals surface area contributed by atoms with E-state index in [0.717, 1.165) is 18.2 Å². The molecule has 6 nitrogen and oxygen atoms in total. The highest BCUT2D eigenvalue weighted by molar-refractivity contribution is 6.33. The number of halogens is 4. The molecule has 0 spiro atoms. The quantitative estimate of drug-likeness (QED) is 0.428. The van der Waals surface area contributed by atoms with Gasteiger partial charge in [-0.2, -0.15) is 13.2 Å². The summed E-state index contributed by atoms with van der Waals surface area (Å²) >= 11 is 6.31. The second-order valence-corrected chi connectivity index (χ2v) is 9.66. The third kappa shape index (κ3) is 5.37. The SMILES string of the molecule is CCc1cnc(-c2cc(NC(=O)c3ccc(N4C[C@@H](C)N(C)[C@@H](C)C4)cc3C(F)(F)F)ccc2Cl)[nH]1. The van der Waals surface area contributed by atoms with E-state index in [4.69, 9.17) is 11.6 Å². The first-order chi connectivity index (χ1) is 17.0. The maximum Gasteiger partial charge on any atom is 0.417 e. The number of amides is 1. The summed E-state index contributed by atoms with van der Waals surface area (Å²) in [6.45, 7) is 7.26. The fraction of sp³-hybridized carbons (Fsp3) is 0.385. The number of H-pyrrole nitrogens is 1. The zero-order chi connectivity index (χ0) is 26.2. The molecule has 4 rings (SSSR count). The zero-order valence-electron chi connectivity index (χ0n) is 20.6. The van der Waals surface area contributed by atoms with Crippen LogP contribution >= 0.6 is 11.6 Å². The van der Waals surface area contributed by atoms with Crippen molar-refractivity contribution in [3.8, 4) is 11.4 Å². The van der Waals surface area contributed by atoms with Crippen molar-refractivity contribution in [3.05, 3.63) is 64.4 Å². The van der Waals surface area contributed by atoms with Crippen molar-refractivity contribution in [2.24, 2.45) is 0 Å². The van der Waals surface area contributed by atoms with Gasteiger partial charge in [0.25, 0.3) is 5.91 Å². The van der Waals surface area contributed by atoms with Gasteiger partial charge in [-0.1, -0.05) is 18.5 Å². The molecule has 1 saturated heterocycles. The van der Waals surface area contributed by atoms with Gasteiger partial charge in [0.2, 0.25) is 0 Å². The minimum Gasteiger partial charge on any atom is -0.368 e. The highest BCUT2D eigenvalue weighted by Gasteiger charge is 2.37. The van der Waals surface area contributed by atoms with Gasteiger partial charge >= 0.3 is 6.18 Å². The summed E-state index contributed by atoms with van der Waals surface area (Å²) in [7, 11) is 2.01. The molecule has 36 heavy (non-hydrogen) atoms. The van der Waals surface area contributed by atoms with Gasteiger partial charge in [0.15, 0.2) is 0 Å². The number of hydrogen-bond acceptors (Lipinski definition) is 4. The first kappa shape index (κ1) is 26.0. The van der Waals surface area contributed by atoms with Gasteiger partial charge in [-0.25, -0.2) is 4.98 Å². The second-order valence-electron chi connectivity index (χ2n) is 9.26. The largest absolute Gasteiger partial charge is 0.417 e. The Labute approximate surface area is 213 Å². The summed E-state index contributed by atoms with van der Waals surface area (Å²) in [5.41, 5.74) is 0.805. The number of nitrogens with one attached hydrogen (secondary N) is 2.